The molecule has 1 unspecified atom stereocenters. The maximum Gasteiger partial charge on any atom is 0.0142 e. The van der Waals surface area contributed by atoms with E-state index in [1.807, 2.05) is 0 Å². The van der Waals surface area contributed by atoms with Crippen molar-refractivity contribution in [1.29, 1.82) is 0 Å². The lowest BCUT2D eigenvalue weighted by atomic mass is 9.74. The topological polar surface area (TPSA) is 12.0 Å². The first-order valence-electron chi connectivity index (χ1n) is 8.18. The Bertz CT molecular complexity index is 652. The Balaban J connectivity index is 0.00000144. The molecule has 3 atom stereocenters. The summed E-state index contributed by atoms with van der Waals surface area (Å²) in [6.07, 6.45) is 3.76. The SMILES string of the molecule is Cc1cccc(C[C@H]2NC[C@@H]3c4ccccc4CCC32)c1.Cl. The quantitative estimate of drug-likeness (QED) is 0.872. The van der Waals surface area contributed by atoms with Crippen LogP contribution >= 0.6 is 12.4 Å². The first-order chi connectivity index (χ1) is 10.3. The zero-order valence-corrected chi connectivity index (χ0v) is 13.9. The molecule has 1 nitrogen and oxygen atoms in total. The van der Waals surface area contributed by atoms with Crippen LogP contribution in [0.15, 0.2) is 48.5 Å². The number of benzene rings is 2. The van der Waals surface area contributed by atoms with E-state index < -0.39 is 0 Å². The predicted molar refractivity (Wildman–Crippen MR) is 94.9 cm³/mol. The normalized spacial score (nSPS) is 26.0. The second-order valence-corrected chi connectivity index (χ2v) is 6.72. The van der Waals surface area contributed by atoms with Crippen LogP contribution in [0.1, 0.15) is 34.6 Å². The molecule has 116 valence electrons. The van der Waals surface area contributed by atoms with Crippen LogP contribution in [0, 0.1) is 12.8 Å². The van der Waals surface area contributed by atoms with Gasteiger partial charge in [-0.1, -0.05) is 54.1 Å². The summed E-state index contributed by atoms with van der Waals surface area (Å²) in [6.45, 7) is 3.34. The monoisotopic (exact) mass is 313 g/mol. The smallest absolute Gasteiger partial charge is 0.0142 e. The van der Waals surface area contributed by atoms with Crippen molar-refractivity contribution < 1.29 is 0 Å². The number of rotatable bonds is 2. The van der Waals surface area contributed by atoms with Gasteiger partial charge in [-0.15, -0.1) is 12.4 Å². The lowest BCUT2D eigenvalue weighted by Gasteiger charge is -2.30. The van der Waals surface area contributed by atoms with Crippen molar-refractivity contribution in [3.8, 4) is 0 Å². The van der Waals surface area contributed by atoms with Crippen LogP contribution in [-0.2, 0) is 12.8 Å². The summed E-state index contributed by atoms with van der Waals surface area (Å²) < 4.78 is 0. The van der Waals surface area contributed by atoms with Crippen molar-refractivity contribution in [2.24, 2.45) is 5.92 Å². The molecule has 2 aliphatic rings. The Kier molecular flexibility index (Phi) is 4.56. The molecular formula is C20H24ClN. The Hall–Kier alpha value is -1.31. The number of aryl methyl sites for hydroxylation is 2. The molecule has 2 aromatic carbocycles. The molecule has 1 fully saturated rings. The fourth-order valence-electron chi connectivity index (χ4n) is 4.37. The van der Waals surface area contributed by atoms with Gasteiger partial charge in [0.25, 0.3) is 0 Å². The van der Waals surface area contributed by atoms with Crippen molar-refractivity contribution in [1.82, 2.24) is 5.32 Å². The Morgan fingerprint density at radius 1 is 1.09 bits per heavy atom. The van der Waals surface area contributed by atoms with Crippen LogP contribution in [0.5, 0.6) is 0 Å². The number of hydrogen-bond acceptors (Lipinski definition) is 1. The van der Waals surface area contributed by atoms with E-state index in [1.54, 1.807) is 11.1 Å². The van der Waals surface area contributed by atoms with E-state index in [9.17, 15) is 0 Å². The minimum atomic E-state index is 0. The van der Waals surface area contributed by atoms with Gasteiger partial charge in [0.15, 0.2) is 0 Å². The molecule has 0 bridgehead atoms. The zero-order chi connectivity index (χ0) is 14.2. The Morgan fingerprint density at radius 3 is 2.82 bits per heavy atom. The van der Waals surface area contributed by atoms with Crippen molar-refractivity contribution in [3.05, 3.63) is 70.8 Å². The van der Waals surface area contributed by atoms with Crippen LogP contribution in [0.2, 0.25) is 0 Å². The fourth-order valence-corrected chi connectivity index (χ4v) is 4.37. The standard InChI is InChI=1S/C20H23N.ClH/c1-14-5-4-6-15(11-14)12-20-18-10-9-16-7-2-3-8-17(16)19(18)13-21-20;/h2-8,11,18-21H,9-10,12-13H2,1H3;1H/t18?,19-,20-;/m1./s1. The lowest BCUT2D eigenvalue weighted by molar-refractivity contribution is 0.373. The van der Waals surface area contributed by atoms with Crippen molar-refractivity contribution in [3.63, 3.8) is 0 Å². The summed E-state index contributed by atoms with van der Waals surface area (Å²) in [5, 5.41) is 3.81. The minimum Gasteiger partial charge on any atom is -0.313 e. The Labute approximate surface area is 139 Å². The third kappa shape index (κ3) is 2.80. The molecule has 0 aromatic heterocycles. The molecule has 1 saturated heterocycles. The van der Waals surface area contributed by atoms with E-state index >= 15 is 0 Å². The van der Waals surface area contributed by atoms with Gasteiger partial charge in [-0.3, -0.25) is 0 Å². The van der Waals surface area contributed by atoms with Crippen molar-refractivity contribution in [2.45, 2.75) is 38.1 Å². The maximum atomic E-state index is 3.81. The van der Waals surface area contributed by atoms with Gasteiger partial charge in [-0.05, 0) is 48.8 Å². The van der Waals surface area contributed by atoms with E-state index in [1.165, 1.54) is 30.4 Å². The van der Waals surface area contributed by atoms with E-state index in [0.29, 0.717) is 6.04 Å². The van der Waals surface area contributed by atoms with Crippen LogP contribution in [0.4, 0.5) is 0 Å². The number of fused-ring (bicyclic) bond motifs is 3. The molecule has 4 rings (SSSR count). The summed E-state index contributed by atoms with van der Waals surface area (Å²) in [5.41, 5.74) is 6.03. The Morgan fingerprint density at radius 2 is 1.95 bits per heavy atom. The minimum absolute atomic E-state index is 0. The van der Waals surface area contributed by atoms with Crippen LogP contribution < -0.4 is 5.32 Å². The van der Waals surface area contributed by atoms with Crippen molar-refractivity contribution >= 4 is 12.4 Å². The van der Waals surface area contributed by atoms with Gasteiger partial charge in [0, 0.05) is 18.5 Å². The molecule has 0 amide bonds. The summed E-state index contributed by atoms with van der Waals surface area (Å²) in [6, 6.07) is 18.7. The lowest BCUT2D eigenvalue weighted by Crippen LogP contribution is -2.31. The third-order valence-electron chi connectivity index (χ3n) is 5.37. The number of halogens is 1. The van der Waals surface area contributed by atoms with Gasteiger partial charge in [-0.25, -0.2) is 0 Å². The summed E-state index contributed by atoms with van der Waals surface area (Å²) in [7, 11) is 0. The zero-order valence-electron chi connectivity index (χ0n) is 13.1. The largest absolute Gasteiger partial charge is 0.313 e. The fraction of sp³-hybridized carbons (Fsp3) is 0.400. The van der Waals surface area contributed by atoms with Gasteiger partial charge < -0.3 is 5.32 Å². The molecule has 1 N–H and O–H groups in total. The molecular weight excluding hydrogens is 290 g/mol. The van der Waals surface area contributed by atoms with E-state index in [0.717, 1.165) is 18.4 Å². The molecule has 0 spiro atoms. The van der Waals surface area contributed by atoms with Crippen LogP contribution in [0.25, 0.3) is 0 Å². The van der Waals surface area contributed by atoms with Gasteiger partial charge >= 0.3 is 0 Å². The highest BCUT2D eigenvalue weighted by Crippen LogP contribution is 2.41. The number of nitrogens with one attached hydrogen (secondary N) is 1. The highest BCUT2D eigenvalue weighted by molar-refractivity contribution is 5.85. The predicted octanol–water partition coefficient (Wildman–Crippen LogP) is 4.28. The molecule has 2 aromatic rings. The van der Waals surface area contributed by atoms with Crippen LogP contribution in [-0.4, -0.2) is 12.6 Å². The van der Waals surface area contributed by atoms with Gasteiger partial charge in [0.2, 0.25) is 0 Å². The van der Waals surface area contributed by atoms with Crippen molar-refractivity contribution in [2.75, 3.05) is 6.54 Å². The second kappa shape index (κ2) is 6.44. The number of hydrogen-bond donors (Lipinski definition) is 1. The van der Waals surface area contributed by atoms with Gasteiger partial charge in [0.05, 0.1) is 0 Å². The summed E-state index contributed by atoms with van der Waals surface area (Å²) in [4.78, 5) is 0. The van der Waals surface area contributed by atoms with Gasteiger partial charge in [-0.2, -0.15) is 0 Å². The van der Waals surface area contributed by atoms with E-state index in [4.69, 9.17) is 0 Å². The second-order valence-electron chi connectivity index (χ2n) is 6.72. The van der Waals surface area contributed by atoms with E-state index in [2.05, 4.69) is 60.8 Å². The highest BCUT2D eigenvalue weighted by Gasteiger charge is 2.39. The highest BCUT2D eigenvalue weighted by atomic mass is 35.5. The molecule has 1 aliphatic heterocycles. The summed E-state index contributed by atoms with van der Waals surface area (Å²) >= 11 is 0. The third-order valence-corrected chi connectivity index (χ3v) is 5.37. The van der Waals surface area contributed by atoms with E-state index in [-0.39, 0.29) is 12.4 Å². The maximum absolute atomic E-state index is 3.81. The summed E-state index contributed by atoms with van der Waals surface area (Å²) in [5.74, 6) is 1.53. The molecule has 0 saturated carbocycles. The first-order valence-corrected chi connectivity index (χ1v) is 8.18. The molecule has 22 heavy (non-hydrogen) atoms. The molecule has 0 radical (unpaired) electrons. The molecule has 2 heteroatoms. The van der Waals surface area contributed by atoms with Crippen LogP contribution in [0.3, 0.4) is 0 Å². The average molecular weight is 314 g/mol. The average Bonchev–Trinajstić information content (AvgIpc) is 2.91. The molecule has 1 heterocycles. The van der Waals surface area contributed by atoms with Gasteiger partial charge in [0.1, 0.15) is 0 Å². The molecule has 1 aliphatic carbocycles. The first kappa shape index (κ1) is 15.6.